The number of aliphatic imine (C=N–C) groups is 1. The Morgan fingerprint density at radius 2 is 2.00 bits per heavy atom. The monoisotopic (exact) mass is 374 g/mol. The highest BCUT2D eigenvalue weighted by Crippen LogP contribution is 2.29. The molecule has 4 nitrogen and oxygen atoms in total. The third-order valence-corrected chi connectivity index (χ3v) is 3.48. The Balaban J connectivity index is 1.89. The first-order chi connectivity index (χ1) is 13.0. The number of benzene rings is 1. The zero-order valence-corrected chi connectivity index (χ0v) is 15.0. The summed E-state index contributed by atoms with van der Waals surface area (Å²) in [6.45, 7) is 3.47. The van der Waals surface area contributed by atoms with Crippen molar-refractivity contribution >= 4 is 5.96 Å². The van der Waals surface area contributed by atoms with Gasteiger partial charge in [0.1, 0.15) is 0 Å². The van der Waals surface area contributed by atoms with Crippen LogP contribution < -0.4 is 10.6 Å². The van der Waals surface area contributed by atoms with Gasteiger partial charge >= 0.3 is 6.18 Å². The van der Waals surface area contributed by atoms with Gasteiger partial charge in [0.2, 0.25) is 0 Å². The largest absolute Gasteiger partial charge is 0.416 e. The molecule has 0 aliphatic heterocycles. The van der Waals surface area contributed by atoms with Gasteiger partial charge in [-0.25, -0.2) is 0 Å². The summed E-state index contributed by atoms with van der Waals surface area (Å²) in [6.07, 6.45) is -1.91. The third-order valence-electron chi connectivity index (χ3n) is 3.48. The van der Waals surface area contributed by atoms with Crippen molar-refractivity contribution in [2.24, 2.45) is 4.99 Å². The van der Waals surface area contributed by atoms with E-state index in [0.717, 1.165) is 17.8 Å². The molecule has 0 bridgehead atoms. The van der Waals surface area contributed by atoms with Crippen LogP contribution in [0.15, 0.2) is 53.7 Å². The molecule has 0 fully saturated rings. The number of aromatic nitrogens is 1. The number of halogens is 3. The molecule has 0 radical (unpaired) electrons. The minimum Gasteiger partial charge on any atom is -0.357 e. The molecule has 0 amide bonds. The lowest BCUT2D eigenvalue weighted by molar-refractivity contribution is -0.137. The van der Waals surface area contributed by atoms with Crippen LogP contribution in [0.25, 0.3) is 0 Å². The van der Waals surface area contributed by atoms with Crippen molar-refractivity contribution in [3.8, 4) is 11.8 Å². The highest BCUT2D eigenvalue weighted by Gasteiger charge is 2.30. The van der Waals surface area contributed by atoms with Gasteiger partial charge < -0.3 is 10.6 Å². The Labute approximate surface area is 156 Å². The van der Waals surface area contributed by atoms with Crippen LogP contribution in [0.5, 0.6) is 0 Å². The summed E-state index contributed by atoms with van der Waals surface area (Å²) in [5, 5.41) is 6.14. The zero-order valence-electron chi connectivity index (χ0n) is 15.0. The van der Waals surface area contributed by atoms with Crippen LogP contribution in [0.4, 0.5) is 13.2 Å². The summed E-state index contributed by atoms with van der Waals surface area (Å²) in [7, 11) is 0. The minimum absolute atomic E-state index is 0.270. The molecule has 7 heteroatoms. The highest BCUT2D eigenvalue weighted by molar-refractivity contribution is 5.80. The molecule has 1 heterocycles. The van der Waals surface area contributed by atoms with E-state index in [2.05, 4.69) is 32.5 Å². The maximum Gasteiger partial charge on any atom is 0.416 e. The van der Waals surface area contributed by atoms with Gasteiger partial charge in [-0.1, -0.05) is 24.0 Å². The topological polar surface area (TPSA) is 49.3 Å². The van der Waals surface area contributed by atoms with Crippen molar-refractivity contribution in [3.63, 3.8) is 0 Å². The minimum atomic E-state index is -4.37. The Kier molecular flexibility index (Phi) is 7.68. The lowest BCUT2D eigenvalue weighted by atomic mass is 10.1. The average molecular weight is 374 g/mol. The molecule has 142 valence electrons. The average Bonchev–Trinajstić information content (AvgIpc) is 2.65. The normalized spacial score (nSPS) is 11.5. The molecule has 1 aromatic heterocycles. The molecular weight excluding hydrogens is 353 g/mol. The Morgan fingerprint density at radius 3 is 2.70 bits per heavy atom. The highest BCUT2D eigenvalue weighted by atomic mass is 19.4. The fourth-order valence-corrected chi connectivity index (χ4v) is 2.22. The number of hydrogen-bond acceptors (Lipinski definition) is 2. The first-order valence-corrected chi connectivity index (χ1v) is 8.57. The predicted molar refractivity (Wildman–Crippen MR) is 100 cm³/mol. The molecule has 2 rings (SSSR count). The molecule has 0 aliphatic rings. The van der Waals surface area contributed by atoms with Crippen molar-refractivity contribution < 1.29 is 13.2 Å². The van der Waals surface area contributed by atoms with Gasteiger partial charge in [0.25, 0.3) is 0 Å². The number of hydrogen-bond donors (Lipinski definition) is 2. The second-order valence-corrected chi connectivity index (χ2v) is 5.57. The maximum atomic E-state index is 12.7. The van der Waals surface area contributed by atoms with Crippen LogP contribution in [-0.2, 0) is 12.6 Å². The fourth-order valence-electron chi connectivity index (χ4n) is 2.22. The van der Waals surface area contributed by atoms with Crippen LogP contribution in [0.1, 0.15) is 23.7 Å². The lowest BCUT2D eigenvalue weighted by Crippen LogP contribution is -2.37. The number of pyridine rings is 1. The summed E-state index contributed by atoms with van der Waals surface area (Å²) in [5.41, 5.74) is 0.580. The van der Waals surface area contributed by atoms with Gasteiger partial charge in [-0.05, 0) is 37.3 Å². The second kappa shape index (κ2) is 10.2. The number of nitrogens with one attached hydrogen (secondary N) is 2. The third kappa shape index (κ3) is 7.40. The standard InChI is InChI=1S/C20H21F3N4/c1-2-24-19(27-14-11-18-10-3-4-12-25-18)26-13-6-8-16-7-5-9-17(15-16)20(21,22)23/h3-5,7,9-10,12,15H,2,11,13-14H2,1H3,(H2,24,26,27). The van der Waals surface area contributed by atoms with E-state index < -0.39 is 11.7 Å². The van der Waals surface area contributed by atoms with E-state index >= 15 is 0 Å². The number of alkyl halides is 3. The summed E-state index contributed by atoms with van der Waals surface area (Å²) in [6, 6.07) is 10.7. The molecule has 0 saturated carbocycles. The Morgan fingerprint density at radius 1 is 1.15 bits per heavy atom. The molecule has 0 unspecified atom stereocenters. The van der Waals surface area contributed by atoms with Crippen molar-refractivity contribution in [3.05, 3.63) is 65.5 Å². The SMILES string of the molecule is CCNC(=NCCc1ccccn1)NCC#Cc1cccc(C(F)(F)F)c1. The van der Waals surface area contributed by atoms with Crippen LogP contribution in [0.2, 0.25) is 0 Å². The molecule has 2 N–H and O–H groups in total. The van der Waals surface area contributed by atoms with Gasteiger partial charge in [0, 0.05) is 37.0 Å². The van der Waals surface area contributed by atoms with Crippen LogP contribution in [-0.4, -0.2) is 30.6 Å². The van der Waals surface area contributed by atoms with Gasteiger partial charge in [-0.2, -0.15) is 13.2 Å². The first kappa shape index (κ1) is 20.3. The second-order valence-electron chi connectivity index (χ2n) is 5.57. The van der Waals surface area contributed by atoms with Crippen LogP contribution in [0, 0.1) is 11.8 Å². The molecule has 0 atom stereocenters. The van der Waals surface area contributed by atoms with Crippen LogP contribution in [0.3, 0.4) is 0 Å². The summed E-state index contributed by atoms with van der Waals surface area (Å²) < 4.78 is 38.1. The molecule has 2 aromatic rings. The molecule has 0 saturated heterocycles. The van der Waals surface area contributed by atoms with E-state index in [0.29, 0.717) is 31.0 Å². The smallest absolute Gasteiger partial charge is 0.357 e. The number of guanidine groups is 1. The van der Waals surface area contributed by atoms with Gasteiger partial charge in [-0.15, -0.1) is 0 Å². The molecule has 1 aromatic carbocycles. The van der Waals surface area contributed by atoms with Crippen molar-refractivity contribution in [2.45, 2.75) is 19.5 Å². The van der Waals surface area contributed by atoms with Crippen LogP contribution >= 0.6 is 0 Å². The van der Waals surface area contributed by atoms with E-state index in [1.807, 2.05) is 25.1 Å². The molecule has 0 aliphatic carbocycles. The summed E-state index contributed by atoms with van der Waals surface area (Å²) in [5.74, 6) is 6.15. The van der Waals surface area contributed by atoms with Gasteiger partial charge in [0.05, 0.1) is 12.1 Å². The van der Waals surface area contributed by atoms with E-state index in [9.17, 15) is 13.2 Å². The van der Waals surface area contributed by atoms with Crippen molar-refractivity contribution in [1.82, 2.24) is 15.6 Å². The van der Waals surface area contributed by atoms with E-state index in [4.69, 9.17) is 0 Å². The zero-order chi connectivity index (χ0) is 19.5. The Hall–Kier alpha value is -3.01. The fraction of sp³-hybridized carbons (Fsp3) is 0.300. The summed E-state index contributed by atoms with van der Waals surface area (Å²) in [4.78, 5) is 8.68. The summed E-state index contributed by atoms with van der Waals surface area (Å²) >= 11 is 0. The number of nitrogens with zero attached hydrogens (tertiary/aromatic N) is 2. The van der Waals surface area contributed by atoms with E-state index in [1.54, 1.807) is 12.3 Å². The molecular formula is C20H21F3N4. The van der Waals surface area contributed by atoms with Crippen molar-refractivity contribution in [1.29, 1.82) is 0 Å². The van der Waals surface area contributed by atoms with Gasteiger partial charge in [0.15, 0.2) is 5.96 Å². The first-order valence-electron chi connectivity index (χ1n) is 8.57. The lowest BCUT2D eigenvalue weighted by Gasteiger charge is -2.08. The van der Waals surface area contributed by atoms with Crippen molar-refractivity contribution in [2.75, 3.05) is 19.6 Å². The Bertz CT molecular complexity index is 805. The van der Waals surface area contributed by atoms with E-state index in [-0.39, 0.29) is 6.54 Å². The maximum absolute atomic E-state index is 12.7. The molecule has 0 spiro atoms. The predicted octanol–water partition coefficient (Wildman–Crippen LogP) is 3.25. The molecule has 27 heavy (non-hydrogen) atoms. The quantitative estimate of drug-likeness (QED) is 0.480. The number of rotatable bonds is 5. The van der Waals surface area contributed by atoms with Gasteiger partial charge in [-0.3, -0.25) is 9.98 Å². The van der Waals surface area contributed by atoms with E-state index in [1.165, 1.54) is 6.07 Å².